The smallest absolute Gasteiger partial charge is 0.340 e. The lowest BCUT2D eigenvalue weighted by Gasteiger charge is -2.16. The number of anilines is 1. The monoisotopic (exact) mass is 235 g/mol. The largest absolute Gasteiger partial charge is 0.459 e. The van der Waals surface area contributed by atoms with Crippen molar-refractivity contribution in [3.8, 4) is 0 Å². The minimum Gasteiger partial charge on any atom is -0.459 e. The summed E-state index contributed by atoms with van der Waals surface area (Å²) in [5, 5.41) is 0. The van der Waals surface area contributed by atoms with Gasteiger partial charge in [0.2, 0.25) is 0 Å². The second-order valence-electron chi connectivity index (χ2n) is 4.94. The van der Waals surface area contributed by atoms with Crippen LogP contribution in [-0.4, -0.2) is 12.1 Å². The third kappa shape index (κ3) is 4.10. The van der Waals surface area contributed by atoms with Crippen LogP contribution in [0.2, 0.25) is 0 Å². The maximum absolute atomic E-state index is 11.9. The van der Waals surface area contributed by atoms with E-state index in [9.17, 15) is 4.79 Å². The fraction of sp³-hybridized carbons (Fsp3) is 0.500. The quantitative estimate of drug-likeness (QED) is 0.644. The van der Waals surface area contributed by atoms with Gasteiger partial charge in [0.15, 0.2) is 0 Å². The highest BCUT2D eigenvalue weighted by atomic mass is 16.5. The standard InChI is InChI=1S/C14H21NO2/c1-9(2)7-11(4)17-14(16)12-8-10(3)5-6-13(12)15/h5-6,8-9,11H,7,15H2,1-4H3. The van der Waals surface area contributed by atoms with Crippen LogP contribution in [0.3, 0.4) is 0 Å². The lowest BCUT2D eigenvalue weighted by molar-refractivity contribution is 0.0301. The molecule has 17 heavy (non-hydrogen) atoms. The highest BCUT2D eigenvalue weighted by Crippen LogP contribution is 2.17. The molecule has 0 saturated heterocycles. The molecule has 1 rings (SSSR count). The summed E-state index contributed by atoms with van der Waals surface area (Å²) in [5.41, 5.74) is 7.70. The molecule has 0 aliphatic rings. The minimum absolute atomic E-state index is 0.0811. The zero-order valence-electron chi connectivity index (χ0n) is 11.0. The Morgan fingerprint density at radius 2 is 2.00 bits per heavy atom. The zero-order chi connectivity index (χ0) is 13.0. The first-order valence-corrected chi connectivity index (χ1v) is 5.97. The van der Waals surface area contributed by atoms with Gasteiger partial charge in [-0.3, -0.25) is 0 Å². The first-order valence-electron chi connectivity index (χ1n) is 5.97. The molecule has 0 heterocycles. The molecule has 2 N–H and O–H groups in total. The van der Waals surface area contributed by atoms with Gasteiger partial charge in [-0.1, -0.05) is 25.5 Å². The van der Waals surface area contributed by atoms with Crippen LogP contribution in [-0.2, 0) is 4.74 Å². The maximum Gasteiger partial charge on any atom is 0.340 e. The van der Waals surface area contributed by atoms with Crippen LogP contribution in [0.15, 0.2) is 18.2 Å². The molecule has 0 amide bonds. The Balaban J connectivity index is 2.73. The molecule has 0 saturated carbocycles. The van der Waals surface area contributed by atoms with Gasteiger partial charge in [-0.15, -0.1) is 0 Å². The van der Waals surface area contributed by atoms with Gasteiger partial charge in [0, 0.05) is 5.69 Å². The highest BCUT2D eigenvalue weighted by Gasteiger charge is 2.15. The Hall–Kier alpha value is -1.51. The second-order valence-corrected chi connectivity index (χ2v) is 4.94. The van der Waals surface area contributed by atoms with E-state index in [0.717, 1.165) is 12.0 Å². The molecule has 94 valence electrons. The third-order valence-corrected chi connectivity index (χ3v) is 2.54. The molecule has 3 nitrogen and oxygen atoms in total. The molecular formula is C14H21NO2. The summed E-state index contributed by atoms with van der Waals surface area (Å²) in [7, 11) is 0. The second kappa shape index (κ2) is 5.71. The first kappa shape index (κ1) is 13.6. The molecule has 0 fully saturated rings. The summed E-state index contributed by atoms with van der Waals surface area (Å²) in [6.07, 6.45) is 0.777. The van der Waals surface area contributed by atoms with Crippen molar-refractivity contribution in [2.45, 2.75) is 40.2 Å². The summed E-state index contributed by atoms with van der Waals surface area (Å²) in [6.45, 7) is 8.04. The van der Waals surface area contributed by atoms with Gasteiger partial charge in [-0.25, -0.2) is 4.79 Å². The van der Waals surface area contributed by atoms with E-state index >= 15 is 0 Å². The van der Waals surface area contributed by atoms with E-state index in [-0.39, 0.29) is 12.1 Å². The molecular weight excluding hydrogens is 214 g/mol. The number of nitrogen functional groups attached to an aromatic ring is 1. The number of carbonyl (C=O) groups is 1. The molecule has 0 radical (unpaired) electrons. The fourth-order valence-electron chi connectivity index (χ4n) is 1.81. The normalized spacial score (nSPS) is 12.5. The number of benzene rings is 1. The van der Waals surface area contributed by atoms with Crippen LogP contribution in [0, 0.1) is 12.8 Å². The average Bonchev–Trinajstić information content (AvgIpc) is 2.20. The lowest BCUT2D eigenvalue weighted by Crippen LogP contribution is -2.18. The van der Waals surface area contributed by atoms with E-state index in [0.29, 0.717) is 17.2 Å². The Kier molecular flexibility index (Phi) is 4.55. The fourth-order valence-corrected chi connectivity index (χ4v) is 1.81. The van der Waals surface area contributed by atoms with Crippen LogP contribution in [0.4, 0.5) is 5.69 Å². The summed E-state index contributed by atoms with van der Waals surface area (Å²) in [6, 6.07) is 5.38. The molecule has 1 aromatic rings. The summed E-state index contributed by atoms with van der Waals surface area (Å²) < 4.78 is 5.36. The van der Waals surface area contributed by atoms with Crippen molar-refractivity contribution >= 4 is 11.7 Å². The maximum atomic E-state index is 11.9. The van der Waals surface area contributed by atoms with Gasteiger partial charge in [0.25, 0.3) is 0 Å². The van der Waals surface area contributed by atoms with E-state index in [1.807, 2.05) is 19.9 Å². The number of aryl methyl sites for hydroxylation is 1. The number of hydrogen-bond acceptors (Lipinski definition) is 3. The van der Waals surface area contributed by atoms with E-state index in [2.05, 4.69) is 13.8 Å². The van der Waals surface area contributed by atoms with E-state index in [1.165, 1.54) is 0 Å². The van der Waals surface area contributed by atoms with Gasteiger partial charge in [-0.2, -0.15) is 0 Å². The van der Waals surface area contributed by atoms with Crippen LogP contribution in [0.25, 0.3) is 0 Å². The predicted molar refractivity (Wildman–Crippen MR) is 69.9 cm³/mol. The zero-order valence-corrected chi connectivity index (χ0v) is 11.0. The average molecular weight is 235 g/mol. The van der Waals surface area contributed by atoms with Crippen molar-refractivity contribution in [2.24, 2.45) is 5.92 Å². The Morgan fingerprint density at radius 3 is 2.59 bits per heavy atom. The van der Waals surface area contributed by atoms with Crippen LogP contribution < -0.4 is 5.73 Å². The molecule has 1 aromatic carbocycles. The van der Waals surface area contributed by atoms with Crippen molar-refractivity contribution in [3.63, 3.8) is 0 Å². The molecule has 3 heteroatoms. The highest BCUT2D eigenvalue weighted by molar-refractivity contribution is 5.95. The molecule has 0 aliphatic carbocycles. The molecule has 1 unspecified atom stereocenters. The predicted octanol–water partition coefficient (Wildman–Crippen LogP) is 3.17. The van der Waals surface area contributed by atoms with E-state index in [4.69, 9.17) is 10.5 Å². The number of ether oxygens (including phenoxy) is 1. The van der Waals surface area contributed by atoms with E-state index in [1.54, 1.807) is 12.1 Å². The van der Waals surface area contributed by atoms with Crippen LogP contribution in [0.1, 0.15) is 43.1 Å². The van der Waals surface area contributed by atoms with Gasteiger partial charge in [0.05, 0.1) is 11.7 Å². The van der Waals surface area contributed by atoms with Crippen molar-refractivity contribution in [1.82, 2.24) is 0 Å². The van der Waals surface area contributed by atoms with Crippen molar-refractivity contribution in [3.05, 3.63) is 29.3 Å². The molecule has 0 aliphatic heterocycles. The number of esters is 1. The summed E-state index contributed by atoms with van der Waals surface area (Å²) in [4.78, 5) is 11.9. The van der Waals surface area contributed by atoms with Gasteiger partial charge in [0.1, 0.15) is 0 Å². The third-order valence-electron chi connectivity index (χ3n) is 2.54. The molecule has 0 bridgehead atoms. The van der Waals surface area contributed by atoms with Gasteiger partial charge < -0.3 is 10.5 Å². The lowest BCUT2D eigenvalue weighted by atomic mass is 10.1. The molecule has 0 spiro atoms. The van der Waals surface area contributed by atoms with Gasteiger partial charge in [-0.05, 0) is 38.3 Å². The summed E-state index contributed by atoms with van der Waals surface area (Å²) >= 11 is 0. The number of carbonyl (C=O) groups excluding carboxylic acids is 1. The number of hydrogen-bond donors (Lipinski definition) is 1. The van der Waals surface area contributed by atoms with Crippen molar-refractivity contribution in [1.29, 1.82) is 0 Å². The van der Waals surface area contributed by atoms with Gasteiger partial charge >= 0.3 is 5.97 Å². The van der Waals surface area contributed by atoms with Crippen LogP contribution >= 0.6 is 0 Å². The number of nitrogens with two attached hydrogens (primary N) is 1. The Labute approximate surface area is 103 Å². The van der Waals surface area contributed by atoms with Crippen molar-refractivity contribution in [2.75, 3.05) is 5.73 Å². The first-order chi connectivity index (χ1) is 7.90. The topological polar surface area (TPSA) is 52.3 Å². The summed E-state index contributed by atoms with van der Waals surface area (Å²) in [5.74, 6) is 0.173. The van der Waals surface area contributed by atoms with Crippen molar-refractivity contribution < 1.29 is 9.53 Å². The Bertz CT molecular complexity index is 399. The SMILES string of the molecule is Cc1ccc(N)c(C(=O)OC(C)CC(C)C)c1. The minimum atomic E-state index is -0.334. The van der Waals surface area contributed by atoms with E-state index < -0.39 is 0 Å². The molecule has 1 atom stereocenters. The molecule has 0 aromatic heterocycles. The Morgan fingerprint density at radius 1 is 1.35 bits per heavy atom. The number of rotatable bonds is 4. The van der Waals surface area contributed by atoms with Crippen LogP contribution in [0.5, 0.6) is 0 Å².